The van der Waals surface area contributed by atoms with Gasteiger partial charge in [-0.15, -0.1) is 0 Å². The highest BCUT2D eigenvalue weighted by Crippen LogP contribution is 2.22. The lowest BCUT2D eigenvalue weighted by Gasteiger charge is -2.09. The zero-order valence-corrected chi connectivity index (χ0v) is 10.8. The van der Waals surface area contributed by atoms with E-state index in [2.05, 4.69) is 9.44 Å². The number of hydrogen-bond acceptors (Lipinski definition) is 4. The van der Waals surface area contributed by atoms with Crippen molar-refractivity contribution in [2.45, 2.75) is 0 Å². The number of anilines is 2. The Morgan fingerprint density at radius 1 is 1.47 bits per heavy atom. The zero-order valence-electron chi connectivity index (χ0n) is 9.23. The first-order valence-electron chi connectivity index (χ1n) is 4.76. The van der Waals surface area contributed by atoms with Crippen LogP contribution in [0, 0.1) is 0 Å². The van der Waals surface area contributed by atoms with Crippen LogP contribution in [0.15, 0.2) is 18.2 Å². The molecule has 6 nitrogen and oxygen atoms in total. The molecule has 0 unspecified atom stereocenters. The standard InChI is InChI=1S/C9H14ClN3O3S/c1-16-5-4-12-17(14,15)13-7-2-3-9(11)8(10)6-7/h2-3,6,12-13H,4-5,11H2,1H3. The molecule has 0 aromatic heterocycles. The molecule has 1 rings (SSSR count). The molecule has 0 saturated heterocycles. The normalized spacial score (nSPS) is 11.4. The molecule has 8 heteroatoms. The maximum absolute atomic E-state index is 11.5. The van der Waals surface area contributed by atoms with Gasteiger partial charge in [-0.2, -0.15) is 13.1 Å². The lowest BCUT2D eigenvalue weighted by atomic mass is 10.3. The number of benzene rings is 1. The van der Waals surface area contributed by atoms with Crippen molar-refractivity contribution in [2.24, 2.45) is 0 Å². The number of nitrogen functional groups attached to an aromatic ring is 1. The van der Waals surface area contributed by atoms with Crippen LogP contribution in [-0.2, 0) is 14.9 Å². The van der Waals surface area contributed by atoms with Crippen molar-refractivity contribution in [2.75, 3.05) is 30.7 Å². The van der Waals surface area contributed by atoms with Crippen molar-refractivity contribution < 1.29 is 13.2 Å². The van der Waals surface area contributed by atoms with E-state index in [0.717, 1.165) is 0 Å². The summed E-state index contributed by atoms with van der Waals surface area (Å²) in [5, 5.41) is 0.294. The van der Waals surface area contributed by atoms with Gasteiger partial charge in [0.15, 0.2) is 0 Å². The Balaban J connectivity index is 2.66. The SMILES string of the molecule is COCCNS(=O)(=O)Nc1ccc(N)c(Cl)c1. The highest BCUT2D eigenvalue weighted by Gasteiger charge is 2.09. The molecule has 0 fully saturated rings. The van der Waals surface area contributed by atoms with Crippen molar-refractivity contribution in [1.82, 2.24) is 4.72 Å². The fraction of sp³-hybridized carbons (Fsp3) is 0.333. The Morgan fingerprint density at radius 2 is 2.18 bits per heavy atom. The van der Waals surface area contributed by atoms with Crippen LogP contribution < -0.4 is 15.2 Å². The fourth-order valence-electron chi connectivity index (χ4n) is 1.06. The molecule has 0 aliphatic heterocycles. The van der Waals surface area contributed by atoms with E-state index in [9.17, 15) is 8.42 Å². The van der Waals surface area contributed by atoms with E-state index in [1.54, 1.807) is 0 Å². The summed E-state index contributed by atoms with van der Waals surface area (Å²) >= 11 is 5.77. The third kappa shape index (κ3) is 4.78. The van der Waals surface area contributed by atoms with Crippen LogP contribution in [0.5, 0.6) is 0 Å². The van der Waals surface area contributed by atoms with Crippen LogP contribution in [0.25, 0.3) is 0 Å². The van der Waals surface area contributed by atoms with Gasteiger partial charge in [-0.05, 0) is 18.2 Å². The third-order valence-electron chi connectivity index (χ3n) is 1.85. The van der Waals surface area contributed by atoms with Crippen molar-refractivity contribution >= 4 is 33.2 Å². The molecule has 4 N–H and O–H groups in total. The molecule has 1 aromatic rings. The molecule has 0 aliphatic carbocycles. The minimum absolute atomic E-state index is 0.189. The van der Waals surface area contributed by atoms with Gasteiger partial charge in [-0.25, -0.2) is 0 Å². The molecule has 0 radical (unpaired) electrons. The predicted octanol–water partition coefficient (Wildman–Crippen LogP) is 0.815. The first kappa shape index (κ1) is 14.0. The first-order chi connectivity index (χ1) is 7.94. The Bertz CT molecular complexity index is 478. The van der Waals surface area contributed by atoms with Gasteiger partial charge in [0.25, 0.3) is 10.2 Å². The second-order valence-electron chi connectivity index (χ2n) is 3.23. The average Bonchev–Trinajstić information content (AvgIpc) is 2.23. The van der Waals surface area contributed by atoms with E-state index >= 15 is 0 Å². The van der Waals surface area contributed by atoms with E-state index in [-0.39, 0.29) is 6.54 Å². The van der Waals surface area contributed by atoms with Crippen LogP contribution >= 0.6 is 11.6 Å². The molecule has 0 saturated carbocycles. The lowest BCUT2D eigenvalue weighted by Crippen LogP contribution is -2.32. The van der Waals surface area contributed by atoms with E-state index in [1.807, 2.05) is 0 Å². The summed E-state index contributed by atoms with van der Waals surface area (Å²) in [7, 11) is -2.13. The second kappa shape index (κ2) is 6.06. The zero-order chi connectivity index (χ0) is 12.9. The van der Waals surface area contributed by atoms with E-state index < -0.39 is 10.2 Å². The maximum Gasteiger partial charge on any atom is 0.299 e. The van der Waals surface area contributed by atoms with Gasteiger partial charge in [-0.1, -0.05) is 11.6 Å². The van der Waals surface area contributed by atoms with Crippen LogP contribution in [0.3, 0.4) is 0 Å². The number of methoxy groups -OCH3 is 1. The van der Waals surface area contributed by atoms with Gasteiger partial charge in [0.1, 0.15) is 0 Å². The molecule has 0 bridgehead atoms. The van der Waals surface area contributed by atoms with Crippen LogP contribution in [-0.4, -0.2) is 28.7 Å². The topological polar surface area (TPSA) is 93.4 Å². The minimum Gasteiger partial charge on any atom is -0.398 e. The summed E-state index contributed by atoms with van der Waals surface area (Å²) in [5.74, 6) is 0. The Kier molecular flexibility index (Phi) is 5.01. The largest absolute Gasteiger partial charge is 0.398 e. The molecule has 0 aliphatic rings. The van der Waals surface area contributed by atoms with Crippen LogP contribution in [0.2, 0.25) is 5.02 Å². The van der Waals surface area contributed by atoms with Crippen molar-refractivity contribution in [3.63, 3.8) is 0 Å². The summed E-state index contributed by atoms with van der Waals surface area (Å²) < 4.78 is 32.4. The predicted molar refractivity (Wildman–Crippen MR) is 68.3 cm³/mol. The molecule has 17 heavy (non-hydrogen) atoms. The number of nitrogens with one attached hydrogen (secondary N) is 2. The van der Waals surface area contributed by atoms with Gasteiger partial charge in [0.05, 0.1) is 23.0 Å². The number of nitrogens with two attached hydrogens (primary N) is 1. The van der Waals surface area contributed by atoms with Gasteiger partial charge in [-0.3, -0.25) is 4.72 Å². The molecule has 96 valence electrons. The molecule has 1 aromatic carbocycles. The second-order valence-corrected chi connectivity index (χ2v) is 5.14. The van der Waals surface area contributed by atoms with E-state index in [4.69, 9.17) is 22.1 Å². The van der Waals surface area contributed by atoms with Crippen LogP contribution in [0.4, 0.5) is 11.4 Å². The highest BCUT2D eigenvalue weighted by molar-refractivity contribution is 7.90. The number of hydrogen-bond donors (Lipinski definition) is 3. The van der Waals surface area contributed by atoms with Crippen molar-refractivity contribution in [3.8, 4) is 0 Å². The smallest absolute Gasteiger partial charge is 0.299 e. The summed E-state index contributed by atoms with van der Waals surface area (Å²) in [5.41, 5.74) is 6.24. The van der Waals surface area contributed by atoms with Crippen molar-refractivity contribution in [1.29, 1.82) is 0 Å². The summed E-state index contributed by atoms with van der Waals surface area (Å²) in [6.45, 7) is 0.484. The van der Waals surface area contributed by atoms with E-state index in [0.29, 0.717) is 23.0 Å². The molecule has 0 atom stereocenters. The molecular weight excluding hydrogens is 266 g/mol. The summed E-state index contributed by atoms with van der Waals surface area (Å²) in [6.07, 6.45) is 0. The summed E-state index contributed by atoms with van der Waals surface area (Å²) in [4.78, 5) is 0. The Hall–Kier alpha value is -1.02. The first-order valence-corrected chi connectivity index (χ1v) is 6.62. The molecule has 0 heterocycles. The number of halogens is 1. The maximum atomic E-state index is 11.5. The van der Waals surface area contributed by atoms with Gasteiger partial charge >= 0.3 is 0 Å². The molecular formula is C9H14ClN3O3S. The monoisotopic (exact) mass is 279 g/mol. The van der Waals surface area contributed by atoms with Crippen LogP contribution in [0.1, 0.15) is 0 Å². The number of ether oxygens (including phenoxy) is 1. The number of rotatable bonds is 6. The average molecular weight is 280 g/mol. The van der Waals surface area contributed by atoms with Crippen molar-refractivity contribution in [3.05, 3.63) is 23.2 Å². The Labute approximate surface area is 105 Å². The third-order valence-corrected chi connectivity index (χ3v) is 3.27. The fourth-order valence-corrected chi connectivity index (χ4v) is 2.10. The lowest BCUT2D eigenvalue weighted by molar-refractivity contribution is 0.204. The highest BCUT2D eigenvalue weighted by atomic mass is 35.5. The minimum atomic E-state index is -3.62. The van der Waals surface area contributed by atoms with Gasteiger partial charge in [0.2, 0.25) is 0 Å². The van der Waals surface area contributed by atoms with E-state index in [1.165, 1.54) is 25.3 Å². The summed E-state index contributed by atoms with van der Waals surface area (Å²) in [6, 6.07) is 4.48. The van der Waals surface area contributed by atoms with Gasteiger partial charge < -0.3 is 10.5 Å². The van der Waals surface area contributed by atoms with Gasteiger partial charge in [0, 0.05) is 13.7 Å². The Morgan fingerprint density at radius 3 is 2.76 bits per heavy atom. The molecule has 0 amide bonds. The molecule has 0 spiro atoms. The quantitative estimate of drug-likeness (QED) is 0.531.